The molecule has 0 aliphatic heterocycles. The van der Waals surface area contributed by atoms with Crippen molar-refractivity contribution < 1.29 is 23.7 Å². The van der Waals surface area contributed by atoms with Crippen LogP contribution in [0, 0.1) is 0 Å². The van der Waals surface area contributed by atoms with Crippen LogP contribution >= 0.6 is 0 Å². The summed E-state index contributed by atoms with van der Waals surface area (Å²) in [6.07, 6.45) is 0.926. The lowest BCUT2D eigenvalue weighted by molar-refractivity contribution is -0.142. The number of benzene rings is 3. The molecule has 0 aliphatic rings. The number of esters is 1. The van der Waals surface area contributed by atoms with Gasteiger partial charge in [-0.3, -0.25) is 4.79 Å². The van der Waals surface area contributed by atoms with Crippen molar-refractivity contribution in [1.29, 1.82) is 0 Å². The van der Waals surface area contributed by atoms with E-state index in [0.717, 1.165) is 34.0 Å². The van der Waals surface area contributed by atoms with Crippen molar-refractivity contribution >= 4 is 11.5 Å². The standard InChI is InChI=1S/C22H26O4.C7H8O.C2H6.CH5N/c1-4-25-22(23)16-19(14-15-26-21-8-6-5-7-9-21)17(2)18-10-12-20(24-3)13-11-18;1-8-7-5-3-2-4-6-7;2*1-2/h5-13H,4,14-16H2,1-3H3;2-6H,1H3;1-2H3;2H2,1H3/b19-17-;;;. The Hall–Kier alpha value is -3.77. The molecule has 6 nitrogen and oxygen atoms in total. The maximum Gasteiger partial charge on any atom is 0.309 e. The Morgan fingerprint density at radius 2 is 1.21 bits per heavy atom. The molecule has 3 rings (SSSR count). The third-order valence-electron chi connectivity index (χ3n) is 5.11. The molecule has 0 aromatic heterocycles. The second-order valence-electron chi connectivity index (χ2n) is 7.37. The Kier molecular flexibility index (Phi) is 20.2. The van der Waals surface area contributed by atoms with E-state index in [4.69, 9.17) is 18.9 Å². The van der Waals surface area contributed by atoms with Crippen molar-refractivity contribution in [2.75, 3.05) is 34.5 Å². The van der Waals surface area contributed by atoms with E-state index >= 15 is 0 Å². The summed E-state index contributed by atoms with van der Waals surface area (Å²) < 4.78 is 21.0. The van der Waals surface area contributed by atoms with Gasteiger partial charge in [-0.05, 0) is 68.4 Å². The summed E-state index contributed by atoms with van der Waals surface area (Å²) in [5.41, 5.74) is 7.65. The Balaban J connectivity index is 0.000000952. The zero-order chi connectivity index (χ0) is 28.6. The van der Waals surface area contributed by atoms with E-state index in [-0.39, 0.29) is 12.4 Å². The molecule has 0 heterocycles. The highest BCUT2D eigenvalue weighted by atomic mass is 16.5. The average molecular weight is 524 g/mol. The molecule has 0 saturated carbocycles. The summed E-state index contributed by atoms with van der Waals surface area (Å²) in [5.74, 6) is 2.33. The fourth-order valence-electron chi connectivity index (χ4n) is 3.21. The van der Waals surface area contributed by atoms with E-state index in [1.165, 1.54) is 7.05 Å². The van der Waals surface area contributed by atoms with Gasteiger partial charge in [0.2, 0.25) is 0 Å². The number of allylic oxidation sites excluding steroid dienone is 1. The monoisotopic (exact) mass is 523 g/mol. The topological polar surface area (TPSA) is 80.0 Å². The highest BCUT2D eigenvalue weighted by Crippen LogP contribution is 2.25. The van der Waals surface area contributed by atoms with Gasteiger partial charge in [-0.15, -0.1) is 0 Å². The van der Waals surface area contributed by atoms with Crippen molar-refractivity contribution in [3.05, 3.63) is 96.1 Å². The van der Waals surface area contributed by atoms with Gasteiger partial charge >= 0.3 is 5.97 Å². The second kappa shape index (κ2) is 22.4. The number of carbonyl (C=O) groups is 1. The van der Waals surface area contributed by atoms with Crippen molar-refractivity contribution in [3.8, 4) is 17.2 Å². The first-order valence-electron chi connectivity index (χ1n) is 12.9. The van der Waals surface area contributed by atoms with Crippen LogP contribution in [0.2, 0.25) is 0 Å². The van der Waals surface area contributed by atoms with Gasteiger partial charge in [0, 0.05) is 6.42 Å². The number of hydrogen-bond acceptors (Lipinski definition) is 6. The third kappa shape index (κ3) is 14.1. The van der Waals surface area contributed by atoms with Crippen LogP contribution in [-0.4, -0.2) is 40.5 Å². The minimum atomic E-state index is -0.213. The van der Waals surface area contributed by atoms with Crippen LogP contribution in [0.1, 0.15) is 46.1 Å². The maximum absolute atomic E-state index is 12.0. The number of hydrogen-bond donors (Lipinski definition) is 1. The van der Waals surface area contributed by atoms with Crippen LogP contribution in [0.5, 0.6) is 17.2 Å². The van der Waals surface area contributed by atoms with Gasteiger partial charge in [-0.2, -0.15) is 0 Å². The molecule has 0 saturated heterocycles. The van der Waals surface area contributed by atoms with Crippen molar-refractivity contribution in [2.45, 2.75) is 40.5 Å². The van der Waals surface area contributed by atoms with Crippen molar-refractivity contribution in [3.63, 3.8) is 0 Å². The number of rotatable bonds is 10. The molecule has 0 amide bonds. The highest BCUT2D eigenvalue weighted by molar-refractivity contribution is 5.78. The molecule has 0 atom stereocenters. The molecule has 38 heavy (non-hydrogen) atoms. The molecule has 6 heteroatoms. The Labute approximate surface area is 229 Å². The first kappa shape index (κ1) is 34.2. The van der Waals surface area contributed by atoms with Gasteiger partial charge in [-0.1, -0.05) is 68.0 Å². The van der Waals surface area contributed by atoms with E-state index in [9.17, 15) is 4.79 Å². The Bertz CT molecular complexity index is 1000. The number of methoxy groups -OCH3 is 2. The first-order chi connectivity index (χ1) is 18.6. The number of carbonyl (C=O) groups excluding carboxylic acids is 1. The minimum absolute atomic E-state index is 0.213. The molecular formula is C32H45NO5. The van der Waals surface area contributed by atoms with Crippen molar-refractivity contribution in [1.82, 2.24) is 0 Å². The largest absolute Gasteiger partial charge is 0.497 e. The summed E-state index contributed by atoms with van der Waals surface area (Å²) >= 11 is 0. The quantitative estimate of drug-likeness (QED) is 0.283. The fourth-order valence-corrected chi connectivity index (χ4v) is 3.21. The second-order valence-corrected chi connectivity index (χ2v) is 7.37. The third-order valence-corrected chi connectivity index (χ3v) is 5.11. The molecule has 0 spiro atoms. The normalized spacial score (nSPS) is 10.0. The summed E-state index contributed by atoms with van der Waals surface area (Å²) in [4.78, 5) is 12.0. The molecule has 0 aliphatic carbocycles. The molecule has 208 valence electrons. The lowest BCUT2D eigenvalue weighted by Gasteiger charge is -2.14. The highest BCUT2D eigenvalue weighted by Gasteiger charge is 2.12. The number of ether oxygens (including phenoxy) is 4. The molecule has 0 unspecified atom stereocenters. The number of para-hydroxylation sites is 2. The van der Waals surface area contributed by atoms with Gasteiger partial charge in [0.25, 0.3) is 0 Å². The summed E-state index contributed by atoms with van der Waals surface area (Å²) in [6.45, 7) is 8.73. The summed E-state index contributed by atoms with van der Waals surface area (Å²) in [5, 5.41) is 0. The predicted octanol–water partition coefficient (Wildman–Crippen LogP) is 7.19. The number of nitrogens with two attached hydrogens (primary N) is 1. The molecular weight excluding hydrogens is 478 g/mol. The van der Waals surface area contributed by atoms with E-state index in [1.54, 1.807) is 14.2 Å². The summed E-state index contributed by atoms with van der Waals surface area (Å²) in [7, 11) is 4.81. The van der Waals surface area contributed by atoms with Gasteiger partial charge < -0.3 is 24.7 Å². The van der Waals surface area contributed by atoms with E-state index in [1.807, 2.05) is 113 Å². The predicted molar refractivity (Wildman–Crippen MR) is 158 cm³/mol. The zero-order valence-corrected chi connectivity index (χ0v) is 24.0. The van der Waals surface area contributed by atoms with E-state index in [2.05, 4.69) is 5.73 Å². The lowest BCUT2D eigenvalue weighted by atomic mass is 9.97. The van der Waals surface area contributed by atoms with E-state index < -0.39 is 0 Å². The van der Waals surface area contributed by atoms with Gasteiger partial charge in [0.05, 0.1) is 33.9 Å². The van der Waals surface area contributed by atoms with Crippen molar-refractivity contribution in [2.24, 2.45) is 5.73 Å². The SMILES string of the molecule is CC.CCOC(=O)C/C(CCOc1ccccc1)=C(/C)c1ccc(OC)cc1.CN.COc1ccccc1. The van der Waals surface area contributed by atoms with Crippen LogP contribution in [0.25, 0.3) is 5.57 Å². The molecule has 0 radical (unpaired) electrons. The maximum atomic E-state index is 12.0. The minimum Gasteiger partial charge on any atom is -0.497 e. The van der Waals surface area contributed by atoms with E-state index in [0.29, 0.717) is 19.6 Å². The van der Waals surface area contributed by atoms with Crippen LogP contribution in [0.4, 0.5) is 0 Å². The molecule has 2 N–H and O–H groups in total. The fraction of sp³-hybridized carbons (Fsp3) is 0.344. The van der Waals surface area contributed by atoms with Crippen LogP contribution < -0.4 is 19.9 Å². The first-order valence-corrected chi connectivity index (χ1v) is 12.9. The van der Waals surface area contributed by atoms with Gasteiger partial charge in [0.1, 0.15) is 17.2 Å². The lowest BCUT2D eigenvalue weighted by Crippen LogP contribution is -2.09. The smallest absolute Gasteiger partial charge is 0.309 e. The van der Waals surface area contributed by atoms with Crippen LogP contribution in [0.3, 0.4) is 0 Å². The Morgan fingerprint density at radius 3 is 1.66 bits per heavy atom. The van der Waals surface area contributed by atoms with Crippen LogP contribution in [-0.2, 0) is 9.53 Å². The van der Waals surface area contributed by atoms with Crippen LogP contribution in [0.15, 0.2) is 90.5 Å². The molecule has 0 bridgehead atoms. The van der Waals surface area contributed by atoms with Gasteiger partial charge in [-0.25, -0.2) is 0 Å². The van der Waals surface area contributed by atoms with Gasteiger partial charge in [0.15, 0.2) is 0 Å². The molecule has 3 aromatic carbocycles. The zero-order valence-electron chi connectivity index (χ0n) is 24.0. The molecule has 3 aromatic rings. The summed E-state index contributed by atoms with van der Waals surface area (Å²) in [6, 6.07) is 27.2. The molecule has 0 fully saturated rings. The Morgan fingerprint density at radius 1 is 0.737 bits per heavy atom. The average Bonchev–Trinajstić information content (AvgIpc) is 3.00.